The van der Waals surface area contributed by atoms with E-state index in [1.54, 1.807) is 23.1 Å². The summed E-state index contributed by atoms with van der Waals surface area (Å²) in [7, 11) is 7.32. The highest BCUT2D eigenvalue weighted by Crippen LogP contribution is 2.26. The number of methoxy groups -OCH3 is 1. The number of rotatable bonds is 12. The van der Waals surface area contributed by atoms with Crippen LogP contribution in [0.3, 0.4) is 0 Å². The number of aliphatic carboxylic acids is 1. The van der Waals surface area contributed by atoms with E-state index in [1.807, 2.05) is 41.5 Å². The monoisotopic (exact) mass is 651 g/mol. The van der Waals surface area contributed by atoms with E-state index in [0.29, 0.717) is 28.4 Å². The second kappa shape index (κ2) is 16.2. The molecule has 4 amide bonds. The Morgan fingerprint density at radius 1 is 1.00 bits per heavy atom. The third-order valence-electron chi connectivity index (χ3n) is 8.66. The molecule has 4 N–H and O–H groups in total. The lowest BCUT2D eigenvalue weighted by molar-refractivity contribution is -0.142. The number of unbranched alkanes of at least 4 members (excludes halogenated alkanes) is 1. The van der Waals surface area contributed by atoms with Crippen molar-refractivity contribution in [1.29, 1.82) is 0 Å². The van der Waals surface area contributed by atoms with Crippen molar-refractivity contribution in [3.63, 3.8) is 0 Å². The maximum absolute atomic E-state index is 14.0. The van der Waals surface area contributed by atoms with Gasteiger partial charge in [-0.3, -0.25) is 14.2 Å². The number of carbonyl (C=O) groups excluding carboxylic acids is 4. The number of ether oxygens (including phenoxy) is 1. The molecule has 256 valence electrons. The maximum atomic E-state index is 14.0. The summed E-state index contributed by atoms with van der Waals surface area (Å²) in [6, 6.07) is 1.20. The van der Waals surface area contributed by atoms with E-state index in [1.165, 1.54) is 17.9 Å². The summed E-state index contributed by atoms with van der Waals surface area (Å²) in [4.78, 5) is 67.8. The zero-order valence-corrected chi connectivity index (χ0v) is 28.7. The topological polar surface area (TPSA) is 159 Å². The summed E-state index contributed by atoms with van der Waals surface area (Å²) in [5, 5.41) is 18.7. The van der Waals surface area contributed by atoms with Crippen molar-refractivity contribution in [2.45, 2.75) is 123 Å². The molecule has 1 aromatic heterocycles. The van der Waals surface area contributed by atoms with Crippen molar-refractivity contribution >= 4 is 54.1 Å². The fourth-order valence-electron chi connectivity index (χ4n) is 6.23. The van der Waals surface area contributed by atoms with Gasteiger partial charge in [0.25, 0.3) is 0 Å². The minimum Gasteiger partial charge on any atom is -0.480 e. The highest BCUT2D eigenvalue weighted by atomic mass is 16.5. The van der Waals surface area contributed by atoms with E-state index >= 15 is 0 Å². The lowest BCUT2D eigenvalue weighted by Crippen LogP contribution is -2.60. The van der Waals surface area contributed by atoms with Crippen LogP contribution < -0.4 is 21.4 Å². The average Bonchev–Trinajstić information content (AvgIpc) is 3.34. The van der Waals surface area contributed by atoms with Crippen LogP contribution in [0.2, 0.25) is 0 Å². The number of fused-ring (bicyclic) bond motifs is 1. The van der Waals surface area contributed by atoms with Gasteiger partial charge in [0.2, 0.25) is 11.8 Å². The van der Waals surface area contributed by atoms with Crippen LogP contribution in [-0.2, 0) is 25.5 Å². The van der Waals surface area contributed by atoms with E-state index < -0.39 is 42.0 Å². The number of likely N-dealkylation sites (tertiary alicyclic amines) is 1. The number of benzene rings is 1. The number of carbonyl (C=O) groups is 5. The molecule has 2 radical (unpaired) electrons. The molecule has 1 fully saturated rings. The van der Waals surface area contributed by atoms with Crippen LogP contribution in [0.15, 0.2) is 24.4 Å². The summed E-state index contributed by atoms with van der Waals surface area (Å²) in [5.74, 6) is -2.47. The zero-order chi connectivity index (χ0) is 35.1. The van der Waals surface area contributed by atoms with Crippen LogP contribution >= 0.6 is 0 Å². The van der Waals surface area contributed by atoms with Crippen molar-refractivity contribution in [1.82, 2.24) is 25.4 Å². The summed E-state index contributed by atoms with van der Waals surface area (Å²) < 4.78 is 6.22. The first-order chi connectivity index (χ1) is 22.1. The second-order valence-electron chi connectivity index (χ2n) is 13.9. The van der Waals surface area contributed by atoms with E-state index in [0.717, 1.165) is 25.7 Å². The van der Waals surface area contributed by atoms with Gasteiger partial charge in [-0.05, 0) is 63.0 Å². The highest BCUT2D eigenvalue weighted by molar-refractivity contribution is 6.33. The van der Waals surface area contributed by atoms with Crippen LogP contribution in [0.4, 0.5) is 9.59 Å². The van der Waals surface area contributed by atoms with Crippen molar-refractivity contribution in [3.8, 4) is 0 Å². The number of urea groups is 1. The number of hydrogen-bond acceptors (Lipinski definition) is 6. The van der Waals surface area contributed by atoms with Gasteiger partial charge in [-0.1, -0.05) is 58.1 Å². The number of carboxylic acid groups (broad SMARTS) is 1. The quantitative estimate of drug-likeness (QED) is 0.255. The van der Waals surface area contributed by atoms with Gasteiger partial charge in [0.1, 0.15) is 26.0 Å². The van der Waals surface area contributed by atoms with Crippen LogP contribution in [-0.4, -0.2) is 89.6 Å². The van der Waals surface area contributed by atoms with Gasteiger partial charge in [0.05, 0.1) is 12.6 Å². The molecular formula is C34H50BN5O7. The first-order valence-electron chi connectivity index (χ1n) is 16.5. The van der Waals surface area contributed by atoms with Crippen molar-refractivity contribution in [3.05, 3.63) is 30.0 Å². The Labute approximate surface area is 278 Å². The fraction of sp³-hybridized carbons (Fsp3) is 0.618. The molecule has 1 aliphatic rings. The van der Waals surface area contributed by atoms with Gasteiger partial charge >= 0.3 is 18.1 Å². The molecule has 3 rings (SSSR count). The molecular weight excluding hydrogens is 601 g/mol. The van der Waals surface area contributed by atoms with E-state index in [-0.39, 0.29) is 42.8 Å². The average molecular weight is 652 g/mol. The Morgan fingerprint density at radius 2 is 1.62 bits per heavy atom. The molecule has 12 nitrogen and oxygen atoms in total. The second-order valence-corrected chi connectivity index (χ2v) is 13.9. The number of aromatic nitrogens is 1. The van der Waals surface area contributed by atoms with Crippen LogP contribution in [0, 0.1) is 5.41 Å². The lowest BCUT2D eigenvalue weighted by Gasteiger charge is -2.40. The molecule has 2 aromatic rings. The number of amides is 4. The molecule has 0 unspecified atom stereocenters. The van der Waals surface area contributed by atoms with E-state index in [4.69, 9.17) is 12.6 Å². The number of piperidine rings is 1. The van der Waals surface area contributed by atoms with Gasteiger partial charge < -0.3 is 30.7 Å². The first-order valence-corrected chi connectivity index (χ1v) is 16.5. The minimum absolute atomic E-state index is 0.00580. The molecule has 1 aromatic carbocycles. The van der Waals surface area contributed by atoms with Crippen LogP contribution in [0.5, 0.6) is 0 Å². The normalized spacial score (nSPS) is 18.6. The van der Waals surface area contributed by atoms with Crippen molar-refractivity contribution in [2.75, 3.05) is 7.11 Å². The molecule has 0 spiro atoms. The fourth-order valence-corrected chi connectivity index (χ4v) is 6.23. The van der Waals surface area contributed by atoms with Crippen molar-refractivity contribution < 1.29 is 33.8 Å². The zero-order valence-electron chi connectivity index (χ0n) is 28.7. The smallest absolute Gasteiger partial charge is 0.418 e. The predicted octanol–water partition coefficient (Wildman–Crippen LogP) is 3.61. The Kier molecular flexibility index (Phi) is 12.9. The molecule has 13 heteroatoms. The minimum atomic E-state index is -1.25. The molecule has 2 heterocycles. The van der Waals surface area contributed by atoms with Gasteiger partial charge in [-0.25, -0.2) is 14.4 Å². The standard InChI is InChI=1S/C34H50BN5O7/c1-8-9-13-25(31(43)44)36-29(41)26(16-22-19-39(33(46)47-7)28-15-14-23(35)17-24(22)28)37-30(42)27(18-34(4,5)6)38-32(45)40-20(2)11-10-12-21(40)3/h14-15,17,19-21,25-27H,8-13,16,18H2,1-7H3,(H,36,41)(H,37,42)(H,38,45)(H,43,44)/t20-,21+,25-,26-,27+/m1/s1. The number of nitrogens with zero attached hydrogens (tertiary/aromatic N) is 2. The Hall–Kier alpha value is -4.03. The predicted molar refractivity (Wildman–Crippen MR) is 181 cm³/mol. The molecule has 47 heavy (non-hydrogen) atoms. The summed E-state index contributed by atoms with van der Waals surface area (Å²) in [6.45, 7) is 11.8. The van der Waals surface area contributed by atoms with Gasteiger partial charge in [0, 0.05) is 30.1 Å². The lowest BCUT2D eigenvalue weighted by atomic mass is 9.87. The Bertz CT molecular complexity index is 1440. The third-order valence-corrected chi connectivity index (χ3v) is 8.66. The summed E-state index contributed by atoms with van der Waals surface area (Å²) in [6.07, 6.45) is 5.31. The molecule has 0 aliphatic carbocycles. The third kappa shape index (κ3) is 9.98. The van der Waals surface area contributed by atoms with Gasteiger partial charge in [-0.2, -0.15) is 0 Å². The molecule has 0 bridgehead atoms. The molecule has 0 saturated carbocycles. The van der Waals surface area contributed by atoms with E-state index in [9.17, 15) is 29.1 Å². The maximum Gasteiger partial charge on any atom is 0.418 e. The largest absolute Gasteiger partial charge is 0.480 e. The van der Waals surface area contributed by atoms with Gasteiger partial charge in [-0.15, -0.1) is 0 Å². The SMILES string of the molecule is [B]c1ccc2c(c1)c(C[C@@H](NC(=O)[C@H](CC(C)(C)C)NC(=O)N1[C@H](C)CCC[C@@H]1C)C(=O)N[C@H](CCCC)C(=O)O)cn2C(=O)OC. The number of nitrogens with one attached hydrogen (secondary N) is 3. The van der Waals surface area contributed by atoms with Crippen LogP contribution in [0.1, 0.15) is 92.1 Å². The molecule has 1 saturated heterocycles. The highest BCUT2D eigenvalue weighted by Gasteiger charge is 2.35. The number of hydrogen-bond donors (Lipinski definition) is 4. The Morgan fingerprint density at radius 3 is 2.19 bits per heavy atom. The summed E-state index contributed by atoms with van der Waals surface area (Å²) in [5.41, 5.74) is 1.05. The van der Waals surface area contributed by atoms with Crippen LogP contribution in [0.25, 0.3) is 10.9 Å². The molecule has 1 aliphatic heterocycles. The molecule has 5 atom stereocenters. The first kappa shape index (κ1) is 37.4. The van der Waals surface area contributed by atoms with Crippen molar-refractivity contribution in [2.24, 2.45) is 5.41 Å². The summed E-state index contributed by atoms with van der Waals surface area (Å²) >= 11 is 0. The van der Waals surface area contributed by atoms with Gasteiger partial charge in [0.15, 0.2) is 0 Å². The number of carboxylic acids is 1. The Balaban J connectivity index is 2.00. The van der Waals surface area contributed by atoms with E-state index in [2.05, 4.69) is 16.0 Å².